The Kier molecular flexibility index (Phi) is 2.70. The van der Waals surface area contributed by atoms with Gasteiger partial charge >= 0.3 is 5.97 Å². The van der Waals surface area contributed by atoms with Crippen molar-refractivity contribution >= 4 is 17.3 Å². The van der Waals surface area contributed by atoms with E-state index in [9.17, 15) is 9.90 Å². The van der Waals surface area contributed by atoms with Crippen molar-refractivity contribution in [3.63, 3.8) is 0 Å². The lowest BCUT2D eigenvalue weighted by Crippen LogP contribution is -2.07. The Balaban J connectivity index is 2.93. The number of esters is 1. The van der Waals surface area contributed by atoms with Crippen LogP contribution in [0.15, 0.2) is 5.38 Å². The van der Waals surface area contributed by atoms with Crippen LogP contribution < -0.4 is 5.11 Å². The van der Waals surface area contributed by atoms with Crippen LogP contribution in [-0.2, 0) is 4.74 Å². The minimum Gasteiger partial charge on any atom is -0.871 e. The van der Waals surface area contributed by atoms with E-state index in [1.807, 2.05) is 0 Å². The van der Waals surface area contributed by atoms with Crippen LogP contribution in [0.2, 0.25) is 0 Å². The van der Waals surface area contributed by atoms with E-state index in [0.717, 1.165) is 4.88 Å². The highest BCUT2D eigenvalue weighted by Gasteiger charge is 2.11. The summed E-state index contributed by atoms with van der Waals surface area (Å²) in [6.07, 6.45) is 0. The predicted octanol–water partition coefficient (Wildman–Crippen LogP) is 1.31. The molecule has 1 rings (SSSR count). The minimum absolute atomic E-state index is 0.182. The van der Waals surface area contributed by atoms with Gasteiger partial charge in [0.1, 0.15) is 0 Å². The molecular weight excluding hydrogens is 176 g/mol. The number of ether oxygens (including phenoxy) is 1. The summed E-state index contributed by atoms with van der Waals surface area (Å²) in [6.45, 7) is 3.75. The first-order chi connectivity index (χ1) is 5.66. The lowest BCUT2D eigenvalue weighted by Gasteiger charge is -2.06. The van der Waals surface area contributed by atoms with Crippen molar-refractivity contribution in [3.05, 3.63) is 15.8 Å². The third-order valence-electron chi connectivity index (χ3n) is 1.42. The molecular formula is C8H9O3S-. The van der Waals surface area contributed by atoms with Gasteiger partial charge in [0.05, 0.1) is 12.2 Å². The van der Waals surface area contributed by atoms with Crippen LogP contribution >= 0.6 is 11.3 Å². The van der Waals surface area contributed by atoms with Crippen LogP contribution in [0.1, 0.15) is 22.2 Å². The summed E-state index contributed by atoms with van der Waals surface area (Å²) in [5.41, 5.74) is 0.182. The number of hydrogen-bond acceptors (Lipinski definition) is 4. The van der Waals surface area contributed by atoms with Gasteiger partial charge in [0.15, 0.2) is 0 Å². The molecule has 0 N–H and O–H groups in total. The summed E-state index contributed by atoms with van der Waals surface area (Å²) < 4.78 is 4.72. The Morgan fingerprint density at radius 2 is 2.42 bits per heavy atom. The Hall–Kier alpha value is -1.03. The summed E-state index contributed by atoms with van der Waals surface area (Å²) in [5, 5.41) is 12.5. The van der Waals surface area contributed by atoms with E-state index in [1.165, 1.54) is 16.7 Å². The second kappa shape index (κ2) is 3.58. The van der Waals surface area contributed by atoms with Crippen molar-refractivity contribution in [2.45, 2.75) is 13.8 Å². The van der Waals surface area contributed by atoms with E-state index in [4.69, 9.17) is 4.74 Å². The Morgan fingerprint density at radius 3 is 2.83 bits per heavy atom. The van der Waals surface area contributed by atoms with E-state index in [1.54, 1.807) is 13.8 Å². The molecule has 4 heteroatoms. The molecule has 0 aliphatic heterocycles. The van der Waals surface area contributed by atoms with E-state index in [2.05, 4.69) is 0 Å². The van der Waals surface area contributed by atoms with Crippen LogP contribution in [0.4, 0.5) is 0 Å². The van der Waals surface area contributed by atoms with E-state index in [-0.39, 0.29) is 11.3 Å². The van der Waals surface area contributed by atoms with Gasteiger partial charge in [-0.25, -0.2) is 4.79 Å². The van der Waals surface area contributed by atoms with Crippen LogP contribution in [-0.4, -0.2) is 12.6 Å². The van der Waals surface area contributed by atoms with Crippen LogP contribution in [0, 0.1) is 6.92 Å². The van der Waals surface area contributed by atoms with Gasteiger partial charge in [-0.3, -0.25) is 0 Å². The minimum atomic E-state index is -0.513. The molecule has 0 saturated heterocycles. The molecule has 1 aromatic heterocycles. The summed E-state index contributed by atoms with van der Waals surface area (Å²) >= 11 is 1.27. The molecule has 0 saturated carbocycles. The molecule has 0 amide bonds. The maximum absolute atomic E-state index is 11.1. The average Bonchev–Trinajstić information content (AvgIpc) is 2.32. The summed E-state index contributed by atoms with van der Waals surface area (Å²) in [5.74, 6) is -0.753. The first kappa shape index (κ1) is 9.06. The largest absolute Gasteiger partial charge is 0.871 e. The Bertz CT molecular complexity index is 271. The highest BCUT2D eigenvalue weighted by atomic mass is 32.1. The smallest absolute Gasteiger partial charge is 0.338 e. The number of rotatable bonds is 2. The molecule has 0 unspecified atom stereocenters. The fourth-order valence-corrected chi connectivity index (χ4v) is 1.58. The van der Waals surface area contributed by atoms with Crippen LogP contribution in [0.3, 0.4) is 0 Å². The second-order valence-corrected chi connectivity index (χ2v) is 3.34. The highest BCUT2D eigenvalue weighted by Crippen LogP contribution is 2.25. The van der Waals surface area contributed by atoms with Gasteiger partial charge in [-0.1, -0.05) is 5.75 Å². The standard InChI is InChI=1S/C8H10O3S/c1-3-11-8(10)7-5(2)12-4-6(7)9/h4,9H,3H2,1-2H3/p-1. The zero-order chi connectivity index (χ0) is 9.14. The van der Waals surface area contributed by atoms with Gasteiger partial charge in [0.2, 0.25) is 0 Å². The average molecular weight is 185 g/mol. The van der Waals surface area contributed by atoms with Crippen molar-refractivity contribution in [2.75, 3.05) is 6.61 Å². The molecule has 1 aromatic rings. The predicted molar refractivity (Wildman–Crippen MR) is 44.5 cm³/mol. The summed E-state index contributed by atoms with van der Waals surface area (Å²) in [4.78, 5) is 11.9. The normalized spacial score (nSPS) is 9.83. The van der Waals surface area contributed by atoms with E-state index in [0.29, 0.717) is 6.61 Å². The van der Waals surface area contributed by atoms with Crippen molar-refractivity contribution in [3.8, 4) is 5.75 Å². The monoisotopic (exact) mass is 185 g/mol. The topological polar surface area (TPSA) is 49.4 Å². The first-order valence-corrected chi connectivity index (χ1v) is 4.47. The fourth-order valence-electron chi connectivity index (χ4n) is 0.881. The van der Waals surface area contributed by atoms with Gasteiger partial charge in [-0.2, -0.15) is 0 Å². The molecule has 66 valence electrons. The Morgan fingerprint density at radius 1 is 1.75 bits per heavy atom. The third kappa shape index (κ3) is 1.58. The molecule has 0 spiro atoms. The Labute approximate surface area is 74.6 Å². The molecule has 0 fully saturated rings. The highest BCUT2D eigenvalue weighted by molar-refractivity contribution is 7.10. The molecule has 0 aliphatic carbocycles. The molecule has 0 radical (unpaired) electrons. The fraction of sp³-hybridized carbons (Fsp3) is 0.375. The van der Waals surface area contributed by atoms with Gasteiger partial charge < -0.3 is 9.84 Å². The molecule has 12 heavy (non-hydrogen) atoms. The van der Waals surface area contributed by atoms with Gasteiger partial charge in [0.25, 0.3) is 0 Å². The summed E-state index contributed by atoms with van der Waals surface area (Å²) in [6, 6.07) is 0. The zero-order valence-electron chi connectivity index (χ0n) is 6.92. The van der Waals surface area contributed by atoms with Crippen LogP contribution in [0.25, 0.3) is 0 Å². The van der Waals surface area contributed by atoms with E-state index >= 15 is 0 Å². The molecule has 0 aromatic carbocycles. The number of carbonyl (C=O) groups is 1. The lowest BCUT2D eigenvalue weighted by molar-refractivity contribution is -0.268. The second-order valence-electron chi connectivity index (χ2n) is 2.25. The van der Waals surface area contributed by atoms with Crippen molar-refractivity contribution in [1.82, 2.24) is 0 Å². The number of thiophene rings is 1. The maximum Gasteiger partial charge on any atom is 0.338 e. The van der Waals surface area contributed by atoms with Crippen molar-refractivity contribution in [2.24, 2.45) is 0 Å². The maximum atomic E-state index is 11.1. The number of carbonyl (C=O) groups excluding carboxylic acids is 1. The van der Waals surface area contributed by atoms with Crippen LogP contribution in [0.5, 0.6) is 5.75 Å². The van der Waals surface area contributed by atoms with E-state index < -0.39 is 5.97 Å². The van der Waals surface area contributed by atoms with Gasteiger partial charge in [-0.15, -0.1) is 11.3 Å². The lowest BCUT2D eigenvalue weighted by atomic mass is 10.2. The van der Waals surface area contributed by atoms with Gasteiger partial charge in [-0.05, 0) is 19.2 Å². The van der Waals surface area contributed by atoms with Gasteiger partial charge in [0, 0.05) is 4.88 Å². The zero-order valence-corrected chi connectivity index (χ0v) is 7.73. The van der Waals surface area contributed by atoms with Crippen molar-refractivity contribution < 1.29 is 14.6 Å². The molecule has 1 heterocycles. The molecule has 0 aliphatic rings. The van der Waals surface area contributed by atoms with Crippen molar-refractivity contribution in [1.29, 1.82) is 0 Å². The SMILES string of the molecule is CCOC(=O)c1c([O-])csc1C. The quantitative estimate of drug-likeness (QED) is 0.652. The molecule has 0 bridgehead atoms. The first-order valence-electron chi connectivity index (χ1n) is 3.59. The third-order valence-corrected chi connectivity index (χ3v) is 2.31. The number of aryl methyl sites for hydroxylation is 1. The summed E-state index contributed by atoms with van der Waals surface area (Å²) in [7, 11) is 0. The molecule has 0 atom stereocenters. The number of hydrogen-bond donors (Lipinski definition) is 0. The molecule has 3 nitrogen and oxygen atoms in total.